The van der Waals surface area contributed by atoms with Gasteiger partial charge in [-0.1, -0.05) is 13.8 Å². The first kappa shape index (κ1) is 8.94. The second-order valence-corrected chi connectivity index (χ2v) is 5.27. The molecule has 1 aromatic rings. The molecule has 1 aromatic heterocycles. The van der Waals surface area contributed by atoms with Gasteiger partial charge in [0.25, 0.3) is 0 Å². The van der Waals surface area contributed by atoms with Gasteiger partial charge >= 0.3 is 0 Å². The average molecular weight is 197 g/mol. The van der Waals surface area contributed by atoms with E-state index < -0.39 is 0 Å². The minimum absolute atomic E-state index is 0.502. The molecule has 0 bridgehead atoms. The molecule has 1 N–H and O–H groups in total. The lowest BCUT2D eigenvalue weighted by Crippen LogP contribution is -2.17. The van der Waals surface area contributed by atoms with E-state index in [1.807, 2.05) is 0 Å². The highest BCUT2D eigenvalue weighted by Crippen LogP contribution is 2.38. The molecule has 1 aliphatic rings. The zero-order chi connectivity index (χ0) is 9.31. The summed E-state index contributed by atoms with van der Waals surface area (Å²) < 4.78 is 3.97. The number of nitrogens with zero attached hydrogens (tertiary/aromatic N) is 2. The van der Waals surface area contributed by atoms with Crippen LogP contribution in [0.2, 0.25) is 0 Å². The van der Waals surface area contributed by atoms with E-state index >= 15 is 0 Å². The summed E-state index contributed by atoms with van der Waals surface area (Å²) in [5, 5.41) is 4.38. The summed E-state index contributed by atoms with van der Waals surface area (Å²) in [6, 6.07) is 0.600. The van der Waals surface area contributed by atoms with Crippen LogP contribution in [0, 0.1) is 5.41 Å². The van der Waals surface area contributed by atoms with Crippen LogP contribution in [-0.4, -0.2) is 15.4 Å². The molecule has 4 heteroatoms. The quantitative estimate of drug-likeness (QED) is 0.791. The Kier molecular flexibility index (Phi) is 2.24. The van der Waals surface area contributed by atoms with E-state index in [4.69, 9.17) is 0 Å². The zero-order valence-corrected chi connectivity index (χ0v) is 8.90. The molecule has 0 aromatic carbocycles. The Hall–Kier alpha value is -0.640. The lowest BCUT2D eigenvalue weighted by Gasteiger charge is -2.17. The second-order valence-electron chi connectivity index (χ2n) is 4.49. The first-order valence-electron chi connectivity index (χ1n) is 4.69. The van der Waals surface area contributed by atoms with Crippen molar-refractivity contribution in [2.45, 2.75) is 39.2 Å². The Bertz CT molecular complexity index is 268. The van der Waals surface area contributed by atoms with E-state index in [1.54, 1.807) is 6.33 Å². The van der Waals surface area contributed by atoms with Gasteiger partial charge in [-0.25, -0.2) is 4.98 Å². The summed E-state index contributed by atoms with van der Waals surface area (Å²) in [7, 11) is 0. The van der Waals surface area contributed by atoms with Gasteiger partial charge in [-0.05, 0) is 24.7 Å². The monoisotopic (exact) mass is 197 g/mol. The highest BCUT2D eigenvalue weighted by Gasteiger charge is 2.30. The van der Waals surface area contributed by atoms with E-state index in [0.29, 0.717) is 11.5 Å². The standard InChI is InChI=1S/C9H15N3S/c1-9(2)4-3-7(5-9)12-8-10-6-11-13-8/h6-7H,3-5H2,1-2H3,(H,10,11,12). The average Bonchev–Trinajstić information content (AvgIpc) is 2.61. The van der Waals surface area contributed by atoms with Gasteiger partial charge in [0.2, 0.25) is 5.13 Å². The molecule has 1 heterocycles. The van der Waals surface area contributed by atoms with Crippen molar-refractivity contribution in [1.29, 1.82) is 0 Å². The summed E-state index contributed by atoms with van der Waals surface area (Å²) in [5.41, 5.74) is 0.502. The van der Waals surface area contributed by atoms with Gasteiger partial charge in [0, 0.05) is 17.6 Å². The van der Waals surface area contributed by atoms with Crippen LogP contribution in [0.3, 0.4) is 0 Å². The third kappa shape index (κ3) is 2.18. The lowest BCUT2D eigenvalue weighted by molar-refractivity contribution is 0.378. The fourth-order valence-corrected chi connectivity index (χ4v) is 2.48. The van der Waals surface area contributed by atoms with Gasteiger partial charge in [-0.3, -0.25) is 0 Å². The highest BCUT2D eigenvalue weighted by atomic mass is 32.1. The molecule has 0 radical (unpaired) electrons. The Balaban J connectivity index is 1.91. The molecule has 3 nitrogen and oxygen atoms in total. The molecule has 0 amide bonds. The van der Waals surface area contributed by atoms with Crippen LogP contribution in [0.1, 0.15) is 33.1 Å². The van der Waals surface area contributed by atoms with Gasteiger partial charge in [0.05, 0.1) is 0 Å². The summed E-state index contributed by atoms with van der Waals surface area (Å²) in [4.78, 5) is 4.12. The normalized spacial score (nSPS) is 26.2. The number of hydrogen-bond acceptors (Lipinski definition) is 4. The van der Waals surface area contributed by atoms with E-state index in [9.17, 15) is 0 Å². The van der Waals surface area contributed by atoms with Crippen LogP contribution in [0.5, 0.6) is 0 Å². The van der Waals surface area contributed by atoms with Crippen molar-refractivity contribution >= 4 is 16.7 Å². The largest absolute Gasteiger partial charge is 0.358 e. The van der Waals surface area contributed by atoms with Gasteiger partial charge in [-0.2, -0.15) is 4.37 Å². The van der Waals surface area contributed by atoms with Gasteiger partial charge in [-0.15, -0.1) is 0 Å². The molecule has 1 atom stereocenters. The maximum absolute atomic E-state index is 4.12. The molecule has 13 heavy (non-hydrogen) atoms. The van der Waals surface area contributed by atoms with Crippen molar-refractivity contribution in [3.8, 4) is 0 Å². The molecule has 0 aliphatic heterocycles. The Morgan fingerprint density at radius 1 is 1.62 bits per heavy atom. The van der Waals surface area contributed by atoms with Crippen molar-refractivity contribution in [2.24, 2.45) is 5.41 Å². The summed E-state index contributed by atoms with van der Waals surface area (Å²) >= 11 is 1.44. The van der Waals surface area contributed by atoms with Gasteiger partial charge in [0.1, 0.15) is 6.33 Å². The molecular formula is C9H15N3S. The van der Waals surface area contributed by atoms with Crippen molar-refractivity contribution in [3.63, 3.8) is 0 Å². The number of aromatic nitrogens is 2. The van der Waals surface area contributed by atoms with Gasteiger partial charge < -0.3 is 5.32 Å². The minimum atomic E-state index is 0.502. The SMILES string of the molecule is CC1(C)CCC(Nc2ncns2)C1. The predicted octanol–water partition coefficient (Wildman–Crippen LogP) is 2.53. The third-order valence-corrected chi connectivity index (χ3v) is 3.25. The van der Waals surface area contributed by atoms with Crippen molar-refractivity contribution in [1.82, 2.24) is 9.36 Å². The summed E-state index contributed by atoms with van der Waals surface area (Å²) in [5.74, 6) is 0. The topological polar surface area (TPSA) is 37.8 Å². The van der Waals surface area contributed by atoms with E-state index in [2.05, 4.69) is 28.5 Å². The number of rotatable bonds is 2. The zero-order valence-electron chi connectivity index (χ0n) is 8.08. The maximum Gasteiger partial charge on any atom is 0.202 e. The fourth-order valence-electron chi connectivity index (χ4n) is 1.97. The van der Waals surface area contributed by atoms with Crippen LogP contribution in [0.15, 0.2) is 6.33 Å². The van der Waals surface area contributed by atoms with Crippen LogP contribution in [0.4, 0.5) is 5.13 Å². The maximum atomic E-state index is 4.12. The van der Waals surface area contributed by atoms with Crippen LogP contribution in [-0.2, 0) is 0 Å². The van der Waals surface area contributed by atoms with Gasteiger partial charge in [0.15, 0.2) is 0 Å². The van der Waals surface area contributed by atoms with Crippen LogP contribution < -0.4 is 5.32 Å². The lowest BCUT2D eigenvalue weighted by atomic mass is 9.92. The molecule has 0 saturated heterocycles. The Labute approximate surface area is 82.8 Å². The molecule has 1 aliphatic carbocycles. The minimum Gasteiger partial charge on any atom is -0.358 e. The van der Waals surface area contributed by atoms with Crippen molar-refractivity contribution in [2.75, 3.05) is 5.32 Å². The molecule has 0 spiro atoms. The summed E-state index contributed by atoms with van der Waals surface area (Å²) in [6.45, 7) is 4.66. The van der Waals surface area contributed by atoms with Crippen molar-refractivity contribution < 1.29 is 0 Å². The highest BCUT2D eigenvalue weighted by molar-refractivity contribution is 7.09. The number of nitrogens with one attached hydrogen (secondary N) is 1. The van der Waals surface area contributed by atoms with Crippen molar-refractivity contribution in [3.05, 3.63) is 6.33 Å². The number of anilines is 1. The number of hydrogen-bond donors (Lipinski definition) is 1. The Morgan fingerprint density at radius 2 is 2.46 bits per heavy atom. The van der Waals surface area contributed by atoms with E-state index in [1.165, 1.54) is 30.8 Å². The summed E-state index contributed by atoms with van der Waals surface area (Å²) in [6.07, 6.45) is 5.41. The van der Waals surface area contributed by atoms with Crippen LogP contribution in [0.25, 0.3) is 0 Å². The third-order valence-electron chi connectivity index (χ3n) is 2.66. The molecule has 1 unspecified atom stereocenters. The smallest absolute Gasteiger partial charge is 0.202 e. The van der Waals surface area contributed by atoms with E-state index in [-0.39, 0.29) is 0 Å². The molecule has 1 saturated carbocycles. The second kappa shape index (κ2) is 3.25. The first-order valence-corrected chi connectivity index (χ1v) is 5.46. The molecule has 72 valence electrons. The predicted molar refractivity (Wildman–Crippen MR) is 55.0 cm³/mol. The molecule has 1 fully saturated rings. The molecule has 2 rings (SSSR count). The first-order chi connectivity index (χ1) is 6.16. The van der Waals surface area contributed by atoms with Crippen LogP contribution >= 0.6 is 11.5 Å². The Morgan fingerprint density at radius 3 is 3.00 bits per heavy atom. The van der Waals surface area contributed by atoms with E-state index in [0.717, 1.165) is 5.13 Å². The fraction of sp³-hybridized carbons (Fsp3) is 0.778. The molecular weight excluding hydrogens is 182 g/mol.